The van der Waals surface area contributed by atoms with Gasteiger partial charge in [-0.2, -0.15) is 13.2 Å². The lowest BCUT2D eigenvalue weighted by Crippen LogP contribution is -2.28. The second kappa shape index (κ2) is 7.20. The monoisotopic (exact) mass is 408 g/mol. The Morgan fingerprint density at radius 1 is 1.32 bits per heavy atom. The van der Waals surface area contributed by atoms with Gasteiger partial charge in [-0.3, -0.25) is 4.79 Å². The Morgan fingerprint density at radius 3 is 2.86 bits per heavy atom. The number of amides is 1. The van der Waals surface area contributed by atoms with Gasteiger partial charge in [0, 0.05) is 31.7 Å². The summed E-state index contributed by atoms with van der Waals surface area (Å²) in [6.45, 7) is 3.82. The van der Waals surface area contributed by atoms with Crippen LogP contribution in [-0.4, -0.2) is 38.4 Å². The number of aromatic nitrogens is 3. The van der Waals surface area contributed by atoms with Gasteiger partial charge in [0.2, 0.25) is 0 Å². The predicted octanol–water partition coefficient (Wildman–Crippen LogP) is 4.55. The number of rotatable bonds is 4. The summed E-state index contributed by atoms with van der Waals surface area (Å²) in [7, 11) is 0. The van der Waals surface area contributed by atoms with E-state index in [1.54, 1.807) is 11.1 Å². The van der Waals surface area contributed by atoms with E-state index in [1.165, 1.54) is 6.07 Å². The van der Waals surface area contributed by atoms with Crippen LogP contribution in [0.5, 0.6) is 0 Å². The highest BCUT2D eigenvalue weighted by Gasteiger charge is 2.35. The van der Waals surface area contributed by atoms with Crippen LogP contribution in [0.25, 0.3) is 11.2 Å². The number of fused-ring (bicyclic) bond motifs is 1. The Hall–Kier alpha value is -2.42. The Kier molecular flexibility index (Phi) is 4.86. The van der Waals surface area contributed by atoms with Crippen molar-refractivity contribution in [2.24, 2.45) is 0 Å². The number of carbonyl (C=O) groups excluding carboxylic acids is 1. The van der Waals surface area contributed by atoms with Crippen molar-refractivity contribution in [3.63, 3.8) is 0 Å². The number of hydrogen-bond donors (Lipinski definition) is 0. The molecule has 0 aromatic carbocycles. The van der Waals surface area contributed by atoms with Crippen molar-refractivity contribution in [1.29, 1.82) is 0 Å². The number of thiophene rings is 1. The molecule has 28 heavy (non-hydrogen) atoms. The molecule has 0 saturated carbocycles. The molecular weight excluding hydrogens is 389 g/mol. The van der Waals surface area contributed by atoms with Crippen molar-refractivity contribution in [2.45, 2.75) is 38.4 Å². The Morgan fingerprint density at radius 2 is 2.14 bits per heavy atom. The van der Waals surface area contributed by atoms with Crippen molar-refractivity contribution in [3.05, 3.63) is 46.0 Å². The van der Waals surface area contributed by atoms with Gasteiger partial charge in [-0.1, -0.05) is 6.92 Å². The molecule has 0 unspecified atom stereocenters. The third-order valence-corrected chi connectivity index (χ3v) is 6.04. The van der Waals surface area contributed by atoms with Gasteiger partial charge in [0.1, 0.15) is 16.2 Å². The maximum absolute atomic E-state index is 12.8. The molecule has 0 aliphatic carbocycles. The molecule has 4 heterocycles. The Labute approximate surface area is 163 Å². The van der Waals surface area contributed by atoms with Crippen molar-refractivity contribution >= 4 is 28.4 Å². The van der Waals surface area contributed by atoms with Gasteiger partial charge in [0.15, 0.2) is 5.65 Å². The molecule has 3 aromatic heterocycles. The third kappa shape index (κ3) is 3.39. The van der Waals surface area contributed by atoms with Crippen molar-refractivity contribution in [3.8, 4) is 0 Å². The number of carbonyl (C=O) groups is 1. The standard InChI is InChI=1S/C19H19F3N4OS/c1-2-9-26-16(24-13-4-3-8-23-17(13)26)12-7-10-25(11-12)18(27)14-5-6-15(28-14)19(20,21)22/h3-6,8,12H,2,7,9-11H2,1H3/t12-/m1/s1. The zero-order chi connectivity index (χ0) is 19.9. The van der Waals surface area contributed by atoms with E-state index in [0.717, 1.165) is 42.4 Å². The Balaban J connectivity index is 1.56. The predicted molar refractivity (Wildman–Crippen MR) is 100 cm³/mol. The number of pyridine rings is 1. The summed E-state index contributed by atoms with van der Waals surface area (Å²) in [5, 5.41) is 0. The van der Waals surface area contributed by atoms with E-state index in [-0.39, 0.29) is 16.7 Å². The maximum Gasteiger partial charge on any atom is 0.425 e. The summed E-state index contributed by atoms with van der Waals surface area (Å²) in [6.07, 6.45) is -1.02. The minimum Gasteiger partial charge on any atom is -0.337 e. The van der Waals surface area contributed by atoms with Gasteiger partial charge in [0.25, 0.3) is 5.91 Å². The second-order valence-corrected chi connectivity index (χ2v) is 7.95. The molecule has 1 atom stereocenters. The first kappa shape index (κ1) is 18.9. The molecule has 5 nitrogen and oxygen atoms in total. The van der Waals surface area contributed by atoms with Crippen LogP contribution in [0.15, 0.2) is 30.5 Å². The van der Waals surface area contributed by atoms with Crippen LogP contribution in [0.3, 0.4) is 0 Å². The molecule has 0 N–H and O–H groups in total. The molecule has 0 spiro atoms. The molecule has 9 heteroatoms. The summed E-state index contributed by atoms with van der Waals surface area (Å²) in [4.78, 5) is 22.8. The normalized spacial score (nSPS) is 17.6. The number of halogens is 3. The molecule has 1 fully saturated rings. The molecule has 3 aromatic rings. The first-order valence-electron chi connectivity index (χ1n) is 9.16. The topological polar surface area (TPSA) is 51.0 Å². The van der Waals surface area contributed by atoms with E-state index in [2.05, 4.69) is 16.5 Å². The molecule has 4 rings (SSSR count). The molecule has 1 amide bonds. The van der Waals surface area contributed by atoms with Gasteiger partial charge >= 0.3 is 6.18 Å². The second-order valence-electron chi connectivity index (χ2n) is 6.87. The number of hydrogen-bond acceptors (Lipinski definition) is 4. The van der Waals surface area contributed by atoms with Crippen LogP contribution in [0.2, 0.25) is 0 Å². The summed E-state index contributed by atoms with van der Waals surface area (Å²) < 4.78 is 40.5. The van der Waals surface area contributed by atoms with E-state index >= 15 is 0 Å². The van der Waals surface area contributed by atoms with E-state index in [4.69, 9.17) is 4.98 Å². The highest BCUT2D eigenvalue weighted by molar-refractivity contribution is 7.14. The lowest BCUT2D eigenvalue weighted by atomic mass is 10.1. The molecule has 1 aliphatic rings. The van der Waals surface area contributed by atoms with Crippen LogP contribution in [0.1, 0.15) is 46.1 Å². The van der Waals surface area contributed by atoms with Crippen molar-refractivity contribution in [1.82, 2.24) is 19.4 Å². The van der Waals surface area contributed by atoms with Crippen molar-refractivity contribution in [2.75, 3.05) is 13.1 Å². The number of nitrogens with zero attached hydrogens (tertiary/aromatic N) is 4. The van der Waals surface area contributed by atoms with Gasteiger partial charge in [-0.25, -0.2) is 9.97 Å². The van der Waals surface area contributed by atoms with Crippen molar-refractivity contribution < 1.29 is 18.0 Å². The maximum atomic E-state index is 12.8. The molecule has 0 bridgehead atoms. The van der Waals surface area contributed by atoms with Crippen LogP contribution in [-0.2, 0) is 12.7 Å². The number of likely N-dealkylation sites (tertiary alicyclic amines) is 1. The van der Waals surface area contributed by atoms with Gasteiger partial charge in [-0.15, -0.1) is 11.3 Å². The van der Waals surface area contributed by atoms with Crippen LogP contribution >= 0.6 is 11.3 Å². The minimum atomic E-state index is -4.42. The van der Waals surface area contributed by atoms with E-state index < -0.39 is 11.1 Å². The Bertz CT molecular complexity index is 1010. The number of aryl methyl sites for hydroxylation is 1. The fourth-order valence-electron chi connectivity index (χ4n) is 3.65. The third-order valence-electron chi connectivity index (χ3n) is 4.92. The fraction of sp³-hybridized carbons (Fsp3) is 0.421. The zero-order valence-electron chi connectivity index (χ0n) is 15.2. The average molecular weight is 408 g/mol. The van der Waals surface area contributed by atoms with Crippen LogP contribution in [0.4, 0.5) is 13.2 Å². The minimum absolute atomic E-state index is 0.0479. The molecule has 148 valence electrons. The highest BCUT2D eigenvalue weighted by atomic mass is 32.1. The summed E-state index contributed by atoms with van der Waals surface area (Å²) >= 11 is 0.500. The first-order valence-corrected chi connectivity index (χ1v) is 9.97. The van der Waals surface area contributed by atoms with Gasteiger partial charge in [-0.05, 0) is 37.1 Å². The van der Waals surface area contributed by atoms with E-state index in [1.807, 2.05) is 12.1 Å². The van der Waals surface area contributed by atoms with Crippen LogP contribution < -0.4 is 0 Å². The van der Waals surface area contributed by atoms with Gasteiger partial charge in [0.05, 0.1) is 4.88 Å². The number of alkyl halides is 3. The zero-order valence-corrected chi connectivity index (χ0v) is 16.1. The molecular formula is C19H19F3N4OS. The first-order chi connectivity index (χ1) is 13.4. The molecule has 0 radical (unpaired) electrons. The van der Waals surface area contributed by atoms with E-state index in [0.29, 0.717) is 24.4 Å². The number of imidazole rings is 1. The summed E-state index contributed by atoms with van der Waals surface area (Å²) in [5.41, 5.74) is 1.65. The quantitative estimate of drug-likeness (QED) is 0.636. The fourth-order valence-corrected chi connectivity index (χ4v) is 4.49. The highest BCUT2D eigenvalue weighted by Crippen LogP contribution is 2.36. The van der Waals surface area contributed by atoms with Gasteiger partial charge < -0.3 is 9.47 Å². The lowest BCUT2D eigenvalue weighted by molar-refractivity contribution is -0.134. The largest absolute Gasteiger partial charge is 0.425 e. The van der Waals surface area contributed by atoms with E-state index in [9.17, 15) is 18.0 Å². The van der Waals surface area contributed by atoms with Crippen LogP contribution in [0, 0.1) is 0 Å². The smallest absolute Gasteiger partial charge is 0.337 e. The average Bonchev–Trinajstić information content (AvgIpc) is 3.39. The molecule has 1 aliphatic heterocycles. The SMILES string of the molecule is CCCn1c([C@@H]2CCN(C(=O)c3ccc(C(F)(F)F)s3)C2)nc2cccnc21. The summed E-state index contributed by atoms with van der Waals surface area (Å²) in [5.74, 6) is 0.596. The summed E-state index contributed by atoms with van der Waals surface area (Å²) in [6, 6.07) is 5.99. The lowest BCUT2D eigenvalue weighted by Gasteiger charge is -2.16. The molecule has 1 saturated heterocycles.